The summed E-state index contributed by atoms with van der Waals surface area (Å²) in [6.45, 7) is 2.06. The molecule has 2 aromatic rings. The number of non-ortho nitro benzene ring substituents is 1. The van der Waals surface area contributed by atoms with E-state index in [2.05, 4.69) is 26.4 Å². The lowest BCUT2D eigenvalue weighted by molar-refractivity contribution is -0.384. The average molecular weight is 426 g/mol. The van der Waals surface area contributed by atoms with Crippen molar-refractivity contribution in [3.8, 4) is 0 Å². The van der Waals surface area contributed by atoms with E-state index in [1.165, 1.54) is 23.5 Å². The lowest BCUT2D eigenvalue weighted by Gasteiger charge is -2.05. The summed E-state index contributed by atoms with van der Waals surface area (Å²) in [5.41, 5.74) is 1.66. The topological polar surface area (TPSA) is 93.8 Å². The summed E-state index contributed by atoms with van der Waals surface area (Å²) in [6.07, 6.45) is 0.579. The molecule has 1 aromatic heterocycles. The van der Waals surface area contributed by atoms with Gasteiger partial charge in [0.1, 0.15) is 0 Å². The van der Waals surface area contributed by atoms with Gasteiger partial charge in [-0.25, -0.2) is 0 Å². The maximum atomic E-state index is 11.7. The van der Waals surface area contributed by atoms with E-state index in [-0.39, 0.29) is 18.2 Å². The Labute approximate surface area is 157 Å². The molecule has 1 heterocycles. The molecule has 0 atom stereocenters. The highest BCUT2D eigenvalue weighted by molar-refractivity contribution is 9.11. The van der Waals surface area contributed by atoms with E-state index in [1.54, 1.807) is 12.1 Å². The van der Waals surface area contributed by atoms with E-state index in [9.17, 15) is 14.9 Å². The highest BCUT2D eigenvalue weighted by Gasteiger charge is 2.06. The predicted octanol–water partition coefficient (Wildman–Crippen LogP) is 3.52. The minimum absolute atomic E-state index is 0.0483. The summed E-state index contributed by atoms with van der Waals surface area (Å²) in [5.74, 6) is -0.272. The van der Waals surface area contributed by atoms with Crippen molar-refractivity contribution in [3.63, 3.8) is 0 Å². The first-order chi connectivity index (χ1) is 12.0. The van der Waals surface area contributed by atoms with Gasteiger partial charge < -0.3 is 10.2 Å². The molecule has 0 saturated carbocycles. The van der Waals surface area contributed by atoms with E-state index in [0.29, 0.717) is 18.7 Å². The molecule has 25 heavy (non-hydrogen) atoms. The quantitative estimate of drug-likeness (QED) is 0.397. The van der Waals surface area contributed by atoms with E-state index in [1.807, 2.05) is 19.1 Å². The van der Waals surface area contributed by atoms with Gasteiger partial charge in [-0.1, -0.05) is 17.3 Å². The van der Waals surface area contributed by atoms with Gasteiger partial charge in [0.25, 0.3) is 11.6 Å². The van der Waals surface area contributed by atoms with E-state index in [4.69, 9.17) is 4.84 Å². The number of nitro groups is 1. The van der Waals surface area contributed by atoms with Crippen LogP contribution in [-0.4, -0.2) is 29.7 Å². The maximum Gasteiger partial charge on any atom is 0.269 e. The number of hydrogen-bond donors (Lipinski definition) is 1. The second-order valence-corrected chi connectivity index (χ2v) is 7.54. The van der Waals surface area contributed by atoms with Gasteiger partial charge in [0.05, 0.1) is 19.3 Å². The van der Waals surface area contributed by atoms with E-state index < -0.39 is 4.92 Å². The zero-order valence-corrected chi connectivity index (χ0v) is 15.8. The van der Waals surface area contributed by atoms with Crippen molar-refractivity contribution in [1.82, 2.24) is 5.32 Å². The molecule has 1 N–H and O–H groups in total. The Hall–Kier alpha value is -2.26. The Kier molecular flexibility index (Phi) is 7.08. The van der Waals surface area contributed by atoms with Crippen LogP contribution in [0, 0.1) is 10.1 Å². The lowest BCUT2D eigenvalue weighted by Crippen LogP contribution is -2.29. The van der Waals surface area contributed by atoms with Crippen LogP contribution in [0.4, 0.5) is 5.69 Å². The first-order valence-electron chi connectivity index (χ1n) is 7.38. The van der Waals surface area contributed by atoms with Crippen LogP contribution in [0.3, 0.4) is 0 Å². The number of carbonyl (C=O) groups excluding carboxylic acids is 1. The molecule has 1 amide bonds. The number of hydrogen-bond acceptors (Lipinski definition) is 6. The molecular weight excluding hydrogens is 410 g/mol. The fourth-order valence-electron chi connectivity index (χ4n) is 1.92. The maximum absolute atomic E-state index is 11.7. The third kappa shape index (κ3) is 6.28. The van der Waals surface area contributed by atoms with Crippen molar-refractivity contribution in [2.45, 2.75) is 13.3 Å². The number of nitrogens with one attached hydrogen (secondary N) is 1. The summed E-state index contributed by atoms with van der Waals surface area (Å²) in [7, 11) is 0. The highest BCUT2D eigenvalue weighted by atomic mass is 79.9. The summed E-state index contributed by atoms with van der Waals surface area (Å²) in [4.78, 5) is 27.9. The van der Waals surface area contributed by atoms with Crippen LogP contribution in [-0.2, 0) is 16.1 Å². The number of rotatable bonds is 8. The van der Waals surface area contributed by atoms with Crippen molar-refractivity contribution in [2.24, 2.45) is 5.16 Å². The summed E-state index contributed by atoms with van der Waals surface area (Å²) in [6, 6.07) is 10.1. The van der Waals surface area contributed by atoms with Gasteiger partial charge in [0.15, 0.2) is 6.61 Å². The third-order valence-corrected chi connectivity index (χ3v) is 4.94. The highest BCUT2D eigenvalue weighted by Crippen LogP contribution is 2.22. The van der Waals surface area contributed by atoms with Crippen LogP contribution in [0.5, 0.6) is 0 Å². The Morgan fingerprint density at radius 3 is 2.64 bits per heavy atom. The van der Waals surface area contributed by atoms with Crippen LogP contribution in [0.15, 0.2) is 45.3 Å². The molecule has 0 bridgehead atoms. The second-order valence-electron chi connectivity index (χ2n) is 5.08. The summed E-state index contributed by atoms with van der Waals surface area (Å²) >= 11 is 4.91. The van der Waals surface area contributed by atoms with Gasteiger partial charge in [-0.15, -0.1) is 11.3 Å². The number of amides is 1. The molecule has 0 spiro atoms. The minimum atomic E-state index is -0.444. The number of oxime groups is 1. The van der Waals surface area contributed by atoms with Crippen LogP contribution in [0.2, 0.25) is 0 Å². The fourth-order valence-corrected chi connectivity index (χ4v) is 3.25. The number of carbonyl (C=O) groups is 1. The molecule has 0 aliphatic rings. The van der Waals surface area contributed by atoms with Crippen molar-refractivity contribution in [2.75, 3.05) is 13.2 Å². The molecule has 7 nitrogen and oxygen atoms in total. The fraction of sp³-hybridized carbons (Fsp3) is 0.250. The summed E-state index contributed by atoms with van der Waals surface area (Å²) in [5, 5.41) is 17.2. The third-order valence-electron chi connectivity index (χ3n) is 3.21. The van der Waals surface area contributed by atoms with E-state index >= 15 is 0 Å². The van der Waals surface area contributed by atoms with Crippen molar-refractivity contribution in [1.29, 1.82) is 0 Å². The molecule has 0 radical (unpaired) electrons. The first-order valence-corrected chi connectivity index (χ1v) is 8.99. The van der Waals surface area contributed by atoms with Crippen LogP contribution in [0.25, 0.3) is 0 Å². The Morgan fingerprint density at radius 2 is 2.04 bits per heavy atom. The van der Waals surface area contributed by atoms with E-state index in [0.717, 1.165) is 14.2 Å². The molecule has 0 fully saturated rings. The van der Waals surface area contributed by atoms with Crippen molar-refractivity contribution in [3.05, 3.63) is 60.7 Å². The molecular formula is C16H16BrN3O4S. The number of nitro benzene ring substituents is 1. The largest absolute Gasteiger partial charge is 0.385 e. The molecule has 0 unspecified atom stereocenters. The Balaban J connectivity index is 1.69. The Bertz CT molecular complexity index is 774. The lowest BCUT2D eigenvalue weighted by atomic mass is 10.1. The number of benzene rings is 1. The van der Waals surface area contributed by atoms with Crippen molar-refractivity contribution < 1.29 is 14.6 Å². The molecule has 0 aliphatic heterocycles. The SMILES string of the molecule is CC(=NOCC(=O)NCCc1ccc([N+](=O)[O-])cc1)c1ccc(Br)s1. The van der Waals surface area contributed by atoms with Crippen molar-refractivity contribution >= 4 is 44.6 Å². The van der Waals surface area contributed by atoms with Gasteiger partial charge in [-0.3, -0.25) is 14.9 Å². The molecule has 0 aliphatic carbocycles. The monoisotopic (exact) mass is 425 g/mol. The molecule has 9 heteroatoms. The molecule has 1 aromatic carbocycles. The zero-order chi connectivity index (χ0) is 18.2. The predicted molar refractivity (Wildman–Crippen MR) is 100.0 cm³/mol. The summed E-state index contributed by atoms with van der Waals surface area (Å²) < 4.78 is 1.00. The molecule has 0 saturated heterocycles. The van der Waals surface area contributed by atoms with Crippen LogP contribution >= 0.6 is 27.3 Å². The normalized spacial score (nSPS) is 11.2. The minimum Gasteiger partial charge on any atom is -0.385 e. The first kappa shape index (κ1) is 19.1. The Morgan fingerprint density at radius 1 is 1.32 bits per heavy atom. The second kappa shape index (κ2) is 9.28. The van der Waals surface area contributed by atoms with Gasteiger partial charge >= 0.3 is 0 Å². The number of halogens is 1. The average Bonchev–Trinajstić information content (AvgIpc) is 3.02. The zero-order valence-electron chi connectivity index (χ0n) is 13.4. The molecule has 132 valence electrons. The number of nitrogens with zero attached hydrogens (tertiary/aromatic N) is 2. The molecule has 2 rings (SSSR count). The number of thiophene rings is 1. The van der Waals surface area contributed by atoms with Gasteiger partial charge in [-0.2, -0.15) is 0 Å². The van der Waals surface area contributed by atoms with Crippen LogP contribution < -0.4 is 5.32 Å². The van der Waals surface area contributed by atoms with Crippen LogP contribution in [0.1, 0.15) is 17.4 Å². The standard InChI is InChI=1S/C16H16BrN3O4S/c1-11(14-6-7-15(17)25-14)19-24-10-16(21)18-9-8-12-2-4-13(5-3-12)20(22)23/h2-7H,8-10H2,1H3,(H,18,21). The van der Waals surface area contributed by atoms with Gasteiger partial charge in [0.2, 0.25) is 0 Å². The van der Waals surface area contributed by atoms with Gasteiger partial charge in [-0.05, 0) is 47.0 Å². The smallest absolute Gasteiger partial charge is 0.269 e. The van der Waals surface area contributed by atoms with Gasteiger partial charge in [0, 0.05) is 18.7 Å².